The van der Waals surface area contributed by atoms with Crippen LogP contribution in [0.5, 0.6) is 0 Å². The normalized spacial score (nSPS) is 11.9. The van der Waals surface area contributed by atoms with E-state index in [1.54, 1.807) is 12.1 Å². The lowest BCUT2D eigenvalue weighted by molar-refractivity contribution is -0.142. The second kappa shape index (κ2) is 13.1. The Morgan fingerprint density at radius 1 is 1.15 bits per heavy atom. The molecule has 1 aromatic rings. The van der Waals surface area contributed by atoms with Gasteiger partial charge >= 0.3 is 5.97 Å². The van der Waals surface area contributed by atoms with E-state index in [0.717, 1.165) is 12.5 Å². The molecule has 0 saturated carbocycles. The highest BCUT2D eigenvalue weighted by molar-refractivity contribution is 5.86. The monoisotopic (exact) mass is 381 g/mol. The number of nitrogens with one attached hydrogen (secondary N) is 1. The highest BCUT2D eigenvalue weighted by atomic mass is 16.4. The van der Waals surface area contributed by atoms with Crippen molar-refractivity contribution >= 4 is 23.8 Å². The molecule has 1 aromatic carbocycles. The summed E-state index contributed by atoms with van der Waals surface area (Å²) in [5, 5.41) is 19.1. The van der Waals surface area contributed by atoms with Crippen molar-refractivity contribution in [2.24, 2.45) is 22.2 Å². The third kappa shape index (κ3) is 12.8. The Labute approximate surface area is 157 Å². The Kier molecular flexibility index (Phi) is 11.6. The van der Waals surface area contributed by atoms with Crippen LogP contribution < -0.4 is 22.5 Å². The summed E-state index contributed by atoms with van der Waals surface area (Å²) in [6, 6.07) is 7.24. The maximum absolute atomic E-state index is 12.0. The van der Waals surface area contributed by atoms with E-state index in [1.165, 1.54) is 0 Å². The van der Waals surface area contributed by atoms with Gasteiger partial charge in [0.25, 0.3) is 5.97 Å². The summed E-state index contributed by atoms with van der Waals surface area (Å²) in [5.74, 6) is -2.45. The van der Waals surface area contributed by atoms with Crippen LogP contribution in [0, 0.1) is 0 Å². The minimum absolute atomic E-state index is 0.0168. The number of carbonyl (C=O) groups excluding carboxylic acids is 1. The second-order valence-electron chi connectivity index (χ2n) is 5.66. The summed E-state index contributed by atoms with van der Waals surface area (Å²) in [4.78, 5) is 36.1. The first-order chi connectivity index (χ1) is 12.6. The molecule has 0 radical (unpaired) electrons. The molecule has 0 spiro atoms. The number of benzene rings is 1. The van der Waals surface area contributed by atoms with E-state index in [1.807, 2.05) is 18.2 Å². The quantitative estimate of drug-likeness (QED) is 0.183. The number of aliphatic imine (C=N–C) groups is 1. The summed E-state index contributed by atoms with van der Waals surface area (Å²) in [6.45, 7) is 1.45. The first kappa shape index (κ1) is 23.9. The van der Waals surface area contributed by atoms with Gasteiger partial charge in [-0.3, -0.25) is 14.6 Å². The van der Waals surface area contributed by atoms with Crippen LogP contribution in [-0.2, 0) is 20.8 Å². The number of hydrogen-bond donors (Lipinski definition) is 6. The molecular weight excluding hydrogens is 354 g/mol. The lowest BCUT2D eigenvalue weighted by atomic mass is 10.0. The van der Waals surface area contributed by atoms with Crippen molar-refractivity contribution in [3.8, 4) is 0 Å². The number of amides is 1. The molecule has 10 heteroatoms. The fourth-order valence-corrected chi connectivity index (χ4v) is 1.98. The minimum Gasteiger partial charge on any atom is -0.481 e. The number of guanidine groups is 1. The van der Waals surface area contributed by atoms with Gasteiger partial charge in [0, 0.05) is 19.9 Å². The van der Waals surface area contributed by atoms with Gasteiger partial charge in [-0.1, -0.05) is 30.3 Å². The van der Waals surface area contributed by atoms with Crippen LogP contribution in [0.15, 0.2) is 35.3 Å². The first-order valence-corrected chi connectivity index (χ1v) is 8.21. The van der Waals surface area contributed by atoms with Crippen molar-refractivity contribution in [1.82, 2.24) is 5.32 Å². The predicted octanol–water partition coefficient (Wildman–Crippen LogP) is -0.730. The van der Waals surface area contributed by atoms with Gasteiger partial charge < -0.3 is 32.7 Å². The molecule has 150 valence electrons. The molecule has 0 fully saturated rings. The summed E-state index contributed by atoms with van der Waals surface area (Å²) in [5.41, 5.74) is 17.0. The van der Waals surface area contributed by atoms with Gasteiger partial charge in [0.2, 0.25) is 5.91 Å². The second-order valence-corrected chi connectivity index (χ2v) is 5.66. The van der Waals surface area contributed by atoms with Crippen LogP contribution in [0.2, 0.25) is 0 Å². The number of hydrogen-bond acceptors (Lipinski definition) is 5. The third-order valence-corrected chi connectivity index (χ3v) is 3.20. The average Bonchev–Trinajstić information content (AvgIpc) is 2.58. The molecule has 1 amide bonds. The van der Waals surface area contributed by atoms with Crippen molar-refractivity contribution in [2.75, 3.05) is 6.54 Å². The van der Waals surface area contributed by atoms with Crippen molar-refractivity contribution in [1.29, 1.82) is 0 Å². The Balaban J connectivity index is 0.00000153. The summed E-state index contributed by atoms with van der Waals surface area (Å²) in [6.07, 6.45) is 1.09. The van der Waals surface area contributed by atoms with Crippen LogP contribution in [0.4, 0.5) is 0 Å². The Bertz CT molecular complexity index is 628. The molecule has 10 nitrogen and oxygen atoms in total. The highest BCUT2D eigenvalue weighted by Gasteiger charge is 2.23. The molecule has 0 aliphatic carbocycles. The molecule has 1 rings (SSSR count). The van der Waals surface area contributed by atoms with E-state index in [0.29, 0.717) is 19.4 Å². The Morgan fingerprint density at radius 2 is 1.70 bits per heavy atom. The fourth-order valence-electron chi connectivity index (χ4n) is 1.98. The van der Waals surface area contributed by atoms with Crippen molar-refractivity contribution in [3.05, 3.63) is 35.9 Å². The molecule has 0 aliphatic rings. The maximum atomic E-state index is 12.0. The molecule has 0 aromatic heterocycles. The SMILES string of the molecule is CC(=O)O.NC(N)=NCCC[C@@H](N)C(=O)N[C@H](Cc1ccccc1)C(=O)O. The third-order valence-electron chi connectivity index (χ3n) is 3.20. The Morgan fingerprint density at radius 3 is 2.19 bits per heavy atom. The predicted molar refractivity (Wildman–Crippen MR) is 101 cm³/mol. The highest BCUT2D eigenvalue weighted by Crippen LogP contribution is 2.04. The number of carboxylic acid groups (broad SMARTS) is 2. The zero-order chi connectivity index (χ0) is 20.8. The van der Waals surface area contributed by atoms with Gasteiger partial charge in [-0.05, 0) is 18.4 Å². The molecule has 9 N–H and O–H groups in total. The van der Waals surface area contributed by atoms with Gasteiger partial charge in [-0.25, -0.2) is 4.79 Å². The Hall–Kier alpha value is -3.14. The van der Waals surface area contributed by atoms with E-state index < -0.39 is 29.9 Å². The number of carboxylic acids is 2. The van der Waals surface area contributed by atoms with Crippen LogP contribution in [0.3, 0.4) is 0 Å². The average molecular weight is 381 g/mol. The fraction of sp³-hybridized carbons (Fsp3) is 0.412. The molecule has 0 unspecified atom stereocenters. The molecule has 2 atom stereocenters. The number of carbonyl (C=O) groups is 3. The summed E-state index contributed by atoms with van der Waals surface area (Å²) < 4.78 is 0. The van der Waals surface area contributed by atoms with E-state index in [9.17, 15) is 14.7 Å². The smallest absolute Gasteiger partial charge is 0.326 e. The zero-order valence-electron chi connectivity index (χ0n) is 15.2. The van der Waals surface area contributed by atoms with Crippen LogP contribution in [0.1, 0.15) is 25.3 Å². The molecule has 0 heterocycles. The lowest BCUT2D eigenvalue weighted by Crippen LogP contribution is -2.49. The summed E-state index contributed by atoms with van der Waals surface area (Å²) >= 11 is 0. The van der Waals surface area contributed by atoms with Crippen LogP contribution >= 0.6 is 0 Å². The van der Waals surface area contributed by atoms with Crippen molar-refractivity contribution in [2.45, 2.75) is 38.3 Å². The topological polar surface area (TPSA) is 194 Å². The number of rotatable bonds is 9. The molecule has 0 aliphatic heterocycles. The standard InChI is InChI=1S/C15H23N5O3.C2H4O2/c16-11(7-4-8-19-15(17)18)13(21)20-12(14(22)23)9-10-5-2-1-3-6-10;1-2(3)4/h1-3,5-6,11-12H,4,7-9,16H2,(H,20,21)(H,22,23)(H4,17,18,19);1H3,(H,3,4)/t11-,12-;/m1./s1. The van der Waals surface area contributed by atoms with E-state index in [4.69, 9.17) is 27.1 Å². The number of nitrogens with two attached hydrogens (primary N) is 3. The first-order valence-electron chi connectivity index (χ1n) is 8.21. The molecule has 0 saturated heterocycles. The van der Waals surface area contributed by atoms with E-state index >= 15 is 0 Å². The van der Waals surface area contributed by atoms with Crippen LogP contribution in [-0.4, -0.2) is 52.6 Å². The van der Waals surface area contributed by atoms with Gasteiger partial charge in [-0.15, -0.1) is 0 Å². The number of nitrogens with zero attached hydrogens (tertiary/aromatic N) is 1. The molecule has 0 bridgehead atoms. The molecular formula is C17H27N5O5. The van der Waals surface area contributed by atoms with Gasteiger partial charge in [-0.2, -0.15) is 0 Å². The van der Waals surface area contributed by atoms with Gasteiger partial charge in [0.15, 0.2) is 5.96 Å². The van der Waals surface area contributed by atoms with E-state index in [-0.39, 0.29) is 12.4 Å². The van der Waals surface area contributed by atoms with Crippen molar-refractivity contribution in [3.63, 3.8) is 0 Å². The maximum Gasteiger partial charge on any atom is 0.326 e. The minimum atomic E-state index is -1.10. The van der Waals surface area contributed by atoms with Gasteiger partial charge in [0.1, 0.15) is 6.04 Å². The summed E-state index contributed by atoms with van der Waals surface area (Å²) in [7, 11) is 0. The largest absolute Gasteiger partial charge is 0.481 e. The van der Waals surface area contributed by atoms with Crippen molar-refractivity contribution < 1.29 is 24.6 Å². The van der Waals surface area contributed by atoms with Gasteiger partial charge in [0.05, 0.1) is 6.04 Å². The number of aliphatic carboxylic acids is 2. The lowest BCUT2D eigenvalue weighted by Gasteiger charge is -2.17. The molecule has 27 heavy (non-hydrogen) atoms. The van der Waals surface area contributed by atoms with Crippen LogP contribution in [0.25, 0.3) is 0 Å². The van der Waals surface area contributed by atoms with E-state index in [2.05, 4.69) is 10.3 Å². The zero-order valence-corrected chi connectivity index (χ0v) is 15.2.